The van der Waals surface area contributed by atoms with Crippen molar-refractivity contribution in [2.24, 2.45) is 5.16 Å². The van der Waals surface area contributed by atoms with Gasteiger partial charge in [0.25, 0.3) is 5.92 Å². The standard InChI is InChI=1S/C26H22F7N5O2/c1-14(37-40-16-6-8-34-22(10-16)26(31,32)33)18-12-35-15(2)36-24(18)19-7-9-38(13-25(19,29)30)23(39)11-17-20(27)4-3-5-21(17)28/h3-6,8,10,12,19H,7,9,11,13H2,1-2H3. The third kappa shape index (κ3) is 6.37. The highest BCUT2D eigenvalue weighted by Crippen LogP contribution is 2.41. The van der Waals surface area contributed by atoms with Crippen LogP contribution in [0.25, 0.3) is 0 Å². The summed E-state index contributed by atoms with van der Waals surface area (Å²) in [5.41, 5.74) is -1.69. The van der Waals surface area contributed by atoms with E-state index in [1.54, 1.807) is 0 Å². The molecule has 0 aliphatic carbocycles. The first-order chi connectivity index (χ1) is 18.8. The number of likely N-dealkylation sites (tertiary alicyclic amines) is 1. The van der Waals surface area contributed by atoms with Crippen molar-refractivity contribution in [1.29, 1.82) is 0 Å². The second kappa shape index (κ2) is 11.2. The van der Waals surface area contributed by atoms with Crippen LogP contribution in [0.3, 0.4) is 0 Å². The maximum Gasteiger partial charge on any atom is 0.433 e. The van der Waals surface area contributed by atoms with Crippen molar-refractivity contribution < 1.29 is 40.4 Å². The van der Waals surface area contributed by atoms with E-state index in [4.69, 9.17) is 4.84 Å². The molecule has 0 spiro atoms. The van der Waals surface area contributed by atoms with Gasteiger partial charge in [0.05, 0.1) is 30.3 Å². The molecule has 1 fully saturated rings. The fourth-order valence-electron chi connectivity index (χ4n) is 4.28. The minimum Gasteiger partial charge on any atom is -0.357 e. The first-order valence-electron chi connectivity index (χ1n) is 11.9. The molecule has 1 saturated heterocycles. The van der Waals surface area contributed by atoms with Crippen LogP contribution in [0, 0.1) is 18.6 Å². The fraction of sp³-hybridized carbons (Fsp3) is 0.346. The molecule has 212 valence electrons. The van der Waals surface area contributed by atoms with Gasteiger partial charge in [0.1, 0.15) is 23.2 Å². The summed E-state index contributed by atoms with van der Waals surface area (Å²) >= 11 is 0. The topological polar surface area (TPSA) is 80.6 Å². The number of rotatable bonds is 6. The second-order valence-electron chi connectivity index (χ2n) is 9.15. The van der Waals surface area contributed by atoms with Crippen LogP contribution in [0.4, 0.5) is 30.7 Å². The Hall–Kier alpha value is -4.10. The van der Waals surface area contributed by atoms with Gasteiger partial charge < -0.3 is 9.74 Å². The predicted octanol–water partition coefficient (Wildman–Crippen LogP) is 5.47. The minimum absolute atomic E-state index is 0.0182. The Bertz CT molecular complexity index is 1420. The summed E-state index contributed by atoms with van der Waals surface area (Å²) in [4.78, 5) is 30.0. The molecule has 1 unspecified atom stereocenters. The van der Waals surface area contributed by atoms with Crippen LogP contribution < -0.4 is 4.84 Å². The third-order valence-electron chi connectivity index (χ3n) is 6.31. The first-order valence-corrected chi connectivity index (χ1v) is 11.9. The number of pyridine rings is 1. The van der Waals surface area contributed by atoms with E-state index in [9.17, 15) is 26.7 Å². The van der Waals surface area contributed by atoms with Gasteiger partial charge in [0, 0.05) is 42.2 Å². The van der Waals surface area contributed by atoms with Gasteiger partial charge in [-0.25, -0.2) is 27.5 Å². The maximum absolute atomic E-state index is 15.5. The van der Waals surface area contributed by atoms with Crippen molar-refractivity contribution in [2.45, 2.75) is 44.7 Å². The molecule has 0 N–H and O–H groups in total. The number of carbonyl (C=O) groups excluding carboxylic acids is 1. The van der Waals surface area contributed by atoms with Gasteiger partial charge in [0.15, 0.2) is 5.75 Å². The molecule has 1 aromatic carbocycles. The molecule has 1 amide bonds. The van der Waals surface area contributed by atoms with Crippen LogP contribution in [-0.2, 0) is 17.4 Å². The van der Waals surface area contributed by atoms with Crippen molar-refractivity contribution >= 4 is 11.6 Å². The Kier molecular flexibility index (Phi) is 8.08. The average Bonchev–Trinajstić information content (AvgIpc) is 2.88. The Morgan fingerprint density at radius 3 is 2.52 bits per heavy atom. The van der Waals surface area contributed by atoms with Gasteiger partial charge in [0.2, 0.25) is 5.91 Å². The number of halogens is 7. The molecule has 3 heterocycles. The smallest absolute Gasteiger partial charge is 0.357 e. The highest BCUT2D eigenvalue weighted by Gasteiger charge is 2.48. The molecular formula is C26H22F7N5O2. The average molecular weight is 569 g/mol. The van der Waals surface area contributed by atoms with Gasteiger partial charge in [-0.2, -0.15) is 13.2 Å². The van der Waals surface area contributed by atoms with E-state index in [1.165, 1.54) is 20.0 Å². The Balaban J connectivity index is 1.55. The van der Waals surface area contributed by atoms with Crippen molar-refractivity contribution in [3.05, 3.63) is 82.7 Å². The number of nitrogens with zero attached hydrogens (tertiary/aromatic N) is 5. The number of aryl methyl sites for hydroxylation is 1. The van der Waals surface area contributed by atoms with Gasteiger partial charge >= 0.3 is 6.18 Å². The Morgan fingerprint density at radius 1 is 1.18 bits per heavy atom. The summed E-state index contributed by atoms with van der Waals surface area (Å²) in [5, 5.41) is 3.79. The van der Waals surface area contributed by atoms with Crippen LogP contribution in [-0.4, -0.2) is 50.5 Å². The first kappa shape index (κ1) is 28.9. The zero-order valence-corrected chi connectivity index (χ0v) is 21.1. The number of aromatic nitrogens is 3. The van der Waals surface area contributed by atoms with Crippen molar-refractivity contribution in [3.8, 4) is 5.75 Å². The van der Waals surface area contributed by atoms with Crippen LogP contribution in [0.2, 0.25) is 0 Å². The predicted molar refractivity (Wildman–Crippen MR) is 128 cm³/mol. The molecule has 0 radical (unpaired) electrons. The summed E-state index contributed by atoms with van der Waals surface area (Å²) in [5.74, 6) is -7.83. The number of benzene rings is 1. The van der Waals surface area contributed by atoms with Crippen LogP contribution >= 0.6 is 0 Å². The largest absolute Gasteiger partial charge is 0.433 e. The van der Waals surface area contributed by atoms with E-state index in [0.29, 0.717) is 6.07 Å². The summed E-state index contributed by atoms with van der Waals surface area (Å²) in [6.45, 7) is 1.73. The highest BCUT2D eigenvalue weighted by atomic mass is 19.4. The fourth-order valence-corrected chi connectivity index (χ4v) is 4.28. The molecule has 3 aromatic rings. The van der Waals surface area contributed by atoms with Gasteiger partial charge in [-0.3, -0.25) is 9.78 Å². The molecule has 1 aliphatic rings. The monoisotopic (exact) mass is 569 g/mol. The maximum atomic E-state index is 15.5. The van der Waals surface area contributed by atoms with E-state index >= 15 is 8.78 Å². The lowest BCUT2D eigenvalue weighted by Crippen LogP contribution is -2.50. The number of alkyl halides is 5. The van der Waals surface area contributed by atoms with Crippen LogP contribution in [0.5, 0.6) is 5.75 Å². The molecule has 1 atom stereocenters. The number of amides is 1. The summed E-state index contributed by atoms with van der Waals surface area (Å²) in [6.07, 6.45) is -3.52. The molecule has 0 bridgehead atoms. The lowest BCUT2D eigenvalue weighted by Gasteiger charge is -2.38. The lowest BCUT2D eigenvalue weighted by atomic mass is 9.86. The second-order valence-corrected chi connectivity index (χ2v) is 9.15. The molecule has 4 rings (SSSR count). The summed E-state index contributed by atoms with van der Waals surface area (Å²) in [7, 11) is 0. The van der Waals surface area contributed by atoms with E-state index in [0.717, 1.165) is 35.4 Å². The van der Waals surface area contributed by atoms with Crippen molar-refractivity contribution in [1.82, 2.24) is 19.9 Å². The zero-order chi connectivity index (χ0) is 29.2. The van der Waals surface area contributed by atoms with E-state index in [1.807, 2.05) is 0 Å². The van der Waals surface area contributed by atoms with Crippen LogP contribution in [0.15, 0.2) is 47.9 Å². The SMILES string of the molecule is CC(=NOc1ccnc(C(F)(F)F)c1)c1cnc(C)nc1C1CCN(C(=O)Cc2c(F)cccc2F)CC1(F)F. The molecule has 40 heavy (non-hydrogen) atoms. The van der Waals surface area contributed by atoms with Crippen molar-refractivity contribution in [2.75, 3.05) is 13.1 Å². The van der Waals surface area contributed by atoms with Gasteiger partial charge in [-0.05, 0) is 32.4 Å². The van der Waals surface area contributed by atoms with Gasteiger partial charge in [-0.1, -0.05) is 11.2 Å². The van der Waals surface area contributed by atoms with Crippen molar-refractivity contribution in [3.63, 3.8) is 0 Å². The molecule has 1 aliphatic heterocycles. The van der Waals surface area contributed by atoms with E-state index < -0.39 is 59.8 Å². The summed E-state index contributed by atoms with van der Waals surface area (Å²) in [6, 6.07) is 4.86. The quantitative estimate of drug-likeness (QED) is 0.223. The van der Waals surface area contributed by atoms with E-state index in [-0.39, 0.29) is 41.5 Å². The minimum atomic E-state index is -4.71. The Morgan fingerprint density at radius 2 is 1.88 bits per heavy atom. The Labute approximate surface area is 223 Å². The zero-order valence-electron chi connectivity index (χ0n) is 21.1. The highest BCUT2D eigenvalue weighted by molar-refractivity contribution is 5.99. The van der Waals surface area contributed by atoms with E-state index in [2.05, 4.69) is 20.1 Å². The molecule has 14 heteroatoms. The third-order valence-corrected chi connectivity index (χ3v) is 6.31. The molecule has 2 aromatic heterocycles. The molecule has 0 saturated carbocycles. The molecule has 7 nitrogen and oxygen atoms in total. The van der Waals surface area contributed by atoms with Crippen LogP contribution in [0.1, 0.15) is 47.6 Å². The van der Waals surface area contributed by atoms with Gasteiger partial charge in [-0.15, -0.1) is 0 Å². The summed E-state index contributed by atoms with van der Waals surface area (Å²) < 4.78 is 97.6. The number of hydrogen-bond acceptors (Lipinski definition) is 6. The number of oxime groups is 1. The number of carbonyl (C=O) groups is 1. The lowest BCUT2D eigenvalue weighted by molar-refractivity contribution is -0.143. The normalized spacial score (nSPS) is 17.6. The number of hydrogen-bond donors (Lipinski definition) is 0. The molecular weight excluding hydrogens is 547 g/mol. The number of piperidine rings is 1.